The largest absolute Gasteiger partial charge is 0.396 e. The fourth-order valence-electron chi connectivity index (χ4n) is 1.75. The first kappa shape index (κ1) is 15.1. The summed E-state index contributed by atoms with van der Waals surface area (Å²) in [6, 6.07) is 2.48. The number of aliphatic hydroxyl groups excluding tert-OH is 1. The molecule has 0 saturated heterocycles. The predicted octanol–water partition coefficient (Wildman–Crippen LogP) is -1.18. The van der Waals surface area contributed by atoms with Gasteiger partial charge in [0.2, 0.25) is 20.0 Å². The molecule has 0 atom stereocenters. The van der Waals surface area contributed by atoms with E-state index in [-0.39, 0.29) is 33.9 Å². The molecule has 0 aliphatic rings. The standard InChI is InChI=1S/C9H14N2O5S2/c1-6-8(17(10,13)14)3-2-7(4-5-12)9(6)18(11,15)16/h2-3,12H,4-5H2,1H3,(H2,10,13,14)(H2,11,15,16). The van der Waals surface area contributed by atoms with Crippen LogP contribution in [0.3, 0.4) is 0 Å². The maximum Gasteiger partial charge on any atom is 0.238 e. The number of nitrogens with two attached hydrogens (primary N) is 2. The lowest BCUT2D eigenvalue weighted by Crippen LogP contribution is -2.20. The Morgan fingerprint density at radius 1 is 1.11 bits per heavy atom. The van der Waals surface area contributed by atoms with Crippen molar-refractivity contribution in [1.29, 1.82) is 0 Å². The molecular weight excluding hydrogens is 280 g/mol. The predicted molar refractivity (Wildman–Crippen MR) is 64.7 cm³/mol. The van der Waals surface area contributed by atoms with E-state index in [2.05, 4.69) is 0 Å². The fraction of sp³-hybridized carbons (Fsp3) is 0.333. The smallest absolute Gasteiger partial charge is 0.238 e. The number of sulfonamides is 2. The van der Waals surface area contributed by atoms with Crippen LogP contribution in [0.15, 0.2) is 21.9 Å². The molecule has 9 heteroatoms. The number of hydrogen-bond donors (Lipinski definition) is 3. The van der Waals surface area contributed by atoms with Gasteiger partial charge in [-0.2, -0.15) is 0 Å². The van der Waals surface area contributed by atoms with E-state index in [1.54, 1.807) is 0 Å². The van der Waals surface area contributed by atoms with E-state index in [9.17, 15) is 16.8 Å². The topological polar surface area (TPSA) is 141 Å². The summed E-state index contributed by atoms with van der Waals surface area (Å²) in [7, 11) is -8.13. The van der Waals surface area contributed by atoms with Gasteiger partial charge in [-0.25, -0.2) is 27.1 Å². The van der Waals surface area contributed by atoms with Gasteiger partial charge >= 0.3 is 0 Å². The highest BCUT2D eigenvalue weighted by molar-refractivity contribution is 7.90. The van der Waals surface area contributed by atoms with Crippen LogP contribution < -0.4 is 10.3 Å². The summed E-state index contributed by atoms with van der Waals surface area (Å²) in [6.45, 7) is 1.02. The third-order valence-electron chi connectivity index (χ3n) is 2.41. The van der Waals surface area contributed by atoms with Gasteiger partial charge in [0.25, 0.3) is 0 Å². The third kappa shape index (κ3) is 3.06. The van der Waals surface area contributed by atoms with E-state index in [4.69, 9.17) is 15.4 Å². The number of primary sulfonamides is 2. The lowest BCUT2D eigenvalue weighted by molar-refractivity contribution is 0.298. The van der Waals surface area contributed by atoms with Crippen LogP contribution in [0.2, 0.25) is 0 Å². The van der Waals surface area contributed by atoms with Gasteiger partial charge in [0, 0.05) is 6.61 Å². The molecule has 0 aliphatic heterocycles. The molecule has 1 aromatic rings. The highest BCUT2D eigenvalue weighted by Gasteiger charge is 2.23. The average molecular weight is 294 g/mol. The second-order valence-electron chi connectivity index (χ2n) is 3.74. The Balaban J connectivity index is 3.72. The number of benzene rings is 1. The van der Waals surface area contributed by atoms with Gasteiger partial charge in [-0.3, -0.25) is 0 Å². The maximum absolute atomic E-state index is 11.5. The van der Waals surface area contributed by atoms with Gasteiger partial charge in [-0.1, -0.05) is 6.07 Å². The zero-order valence-electron chi connectivity index (χ0n) is 9.62. The van der Waals surface area contributed by atoms with Crippen molar-refractivity contribution in [2.75, 3.05) is 6.61 Å². The molecule has 0 bridgehead atoms. The van der Waals surface area contributed by atoms with Gasteiger partial charge in [0.15, 0.2) is 0 Å². The Bertz CT molecular complexity index is 664. The van der Waals surface area contributed by atoms with Crippen molar-refractivity contribution in [3.63, 3.8) is 0 Å². The molecule has 0 radical (unpaired) electrons. The Morgan fingerprint density at radius 2 is 1.67 bits per heavy atom. The molecule has 0 saturated carbocycles. The SMILES string of the molecule is Cc1c(S(N)(=O)=O)ccc(CCO)c1S(N)(=O)=O. The lowest BCUT2D eigenvalue weighted by atomic mass is 10.1. The summed E-state index contributed by atoms with van der Waals surface area (Å²) in [5.74, 6) is 0. The van der Waals surface area contributed by atoms with Crippen molar-refractivity contribution in [3.05, 3.63) is 23.3 Å². The number of rotatable bonds is 4. The Labute approximate surface area is 106 Å². The Hall–Kier alpha value is -1.00. The highest BCUT2D eigenvalue weighted by Crippen LogP contribution is 2.25. The maximum atomic E-state index is 11.5. The van der Waals surface area contributed by atoms with Crippen LogP contribution in [-0.2, 0) is 26.5 Å². The van der Waals surface area contributed by atoms with E-state index in [1.165, 1.54) is 19.1 Å². The highest BCUT2D eigenvalue weighted by atomic mass is 32.2. The summed E-state index contributed by atoms with van der Waals surface area (Å²) in [6.07, 6.45) is 0.0531. The van der Waals surface area contributed by atoms with Gasteiger partial charge < -0.3 is 5.11 Å². The number of hydrogen-bond acceptors (Lipinski definition) is 5. The van der Waals surface area contributed by atoms with Gasteiger partial charge in [0.1, 0.15) is 0 Å². The summed E-state index contributed by atoms with van der Waals surface area (Å²) in [5, 5.41) is 18.9. The summed E-state index contributed by atoms with van der Waals surface area (Å²) in [4.78, 5) is -0.601. The van der Waals surface area contributed by atoms with Crippen molar-refractivity contribution < 1.29 is 21.9 Å². The molecule has 1 aromatic carbocycles. The van der Waals surface area contributed by atoms with E-state index in [0.29, 0.717) is 0 Å². The van der Waals surface area contributed by atoms with Crippen molar-refractivity contribution in [2.24, 2.45) is 10.3 Å². The molecule has 0 heterocycles. The molecule has 102 valence electrons. The first-order valence-corrected chi connectivity index (χ1v) is 7.97. The molecule has 7 nitrogen and oxygen atoms in total. The van der Waals surface area contributed by atoms with E-state index in [1.807, 2.05) is 0 Å². The second kappa shape index (κ2) is 4.94. The van der Waals surface area contributed by atoms with Crippen LogP contribution in [0.5, 0.6) is 0 Å². The minimum Gasteiger partial charge on any atom is -0.396 e. The van der Waals surface area contributed by atoms with Crippen molar-refractivity contribution >= 4 is 20.0 Å². The summed E-state index contributed by atoms with van der Waals surface area (Å²) >= 11 is 0. The molecule has 0 amide bonds. The van der Waals surface area contributed by atoms with Gasteiger partial charge in [-0.15, -0.1) is 0 Å². The molecule has 5 N–H and O–H groups in total. The summed E-state index contributed by atoms with van der Waals surface area (Å²) in [5.41, 5.74) is 0.218. The van der Waals surface area contributed by atoms with E-state index in [0.717, 1.165) is 0 Å². The molecule has 0 fully saturated rings. The molecular formula is C9H14N2O5S2. The summed E-state index contributed by atoms with van der Waals surface area (Å²) < 4.78 is 45.6. The monoisotopic (exact) mass is 294 g/mol. The Kier molecular flexibility index (Phi) is 4.13. The van der Waals surface area contributed by atoms with Crippen LogP contribution in [0.4, 0.5) is 0 Å². The van der Waals surface area contributed by atoms with Crippen LogP contribution in [0.25, 0.3) is 0 Å². The minimum atomic E-state index is -4.10. The van der Waals surface area contributed by atoms with Crippen molar-refractivity contribution in [1.82, 2.24) is 0 Å². The normalized spacial score (nSPS) is 12.7. The number of aliphatic hydroxyl groups is 1. The van der Waals surface area contributed by atoms with E-state index >= 15 is 0 Å². The molecule has 0 aromatic heterocycles. The first-order valence-electron chi connectivity index (χ1n) is 4.88. The van der Waals surface area contributed by atoms with E-state index < -0.39 is 20.0 Å². The zero-order chi connectivity index (χ0) is 14.1. The minimum absolute atomic E-state index is 0.0362. The average Bonchev–Trinajstić information content (AvgIpc) is 2.13. The lowest BCUT2D eigenvalue weighted by Gasteiger charge is -2.13. The molecule has 0 unspecified atom stereocenters. The van der Waals surface area contributed by atoms with Crippen molar-refractivity contribution in [3.8, 4) is 0 Å². The quantitative estimate of drug-likeness (QED) is 0.641. The van der Waals surface area contributed by atoms with Crippen LogP contribution in [0, 0.1) is 6.92 Å². The van der Waals surface area contributed by atoms with Crippen LogP contribution in [-0.4, -0.2) is 28.5 Å². The second-order valence-corrected chi connectivity index (χ2v) is 6.77. The molecule has 1 rings (SSSR count). The van der Waals surface area contributed by atoms with Crippen LogP contribution >= 0.6 is 0 Å². The zero-order valence-corrected chi connectivity index (χ0v) is 11.3. The van der Waals surface area contributed by atoms with Gasteiger partial charge in [0.05, 0.1) is 9.79 Å². The van der Waals surface area contributed by atoms with Gasteiger partial charge in [-0.05, 0) is 30.5 Å². The molecule has 0 spiro atoms. The van der Waals surface area contributed by atoms with Crippen LogP contribution in [0.1, 0.15) is 11.1 Å². The molecule has 0 aliphatic carbocycles. The Morgan fingerprint density at radius 3 is 2.06 bits per heavy atom. The third-order valence-corrected chi connectivity index (χ3v) is 4.60. The molecule has 18 heavy (non-hydrogen) atoms. The first-order chi connectivity index (χ1) is 8.09. The fourth-order valence-corrected chi connectivity index (χ4v) is 3.67. The van der Waals surface area contributed by atoms with Crippen molar-refractivity contribution in [2.45, 2.75) is 23.1 Å².